The van der Waals surface area contributed by atoms with E-state index in [1.165, 1.54) is 16.9 Å². The second-order valence-corrected chi connectivity index (χ2v) is 7.87. The molecule has 5 nitrogen and oxygen atoms in total. The molecule has 4 heterocycles. The summed E-state index contributed by atoms with van der Waals surface area (Å²) in [5.74, 6) is 0.741. The molecule has 0 aromatic carbocycles. The molecule has 1 spiro atoms. The zero-order valence-corrected chi connectivity index (χ0v) is 15.1. The number of fused-ring (bicyclic) bond motifs is 1. The number of aromatic nitrogens is 3. The molecule has 2 fully saturated rings. The Kier molecular flexibility index (Phi) is 3.87. The molecule has 0 radical (unpaired) electrons. The van der Waals surface area contributed by atoms with E-state index in [0.717, 1.165) is 44.0 Å². The van der Waals surface area contributed by atoms with Crippen LogP contribution in [0.3, 0.4) is 0 Å². The van der Waals surface area contributed by atoms with Gasteiger partial charge in [0, 0.05) is 18.8 Å². The first-order valence-electron chi connectivity index (χ1n) is 9.41. The summed E-state index contributed by atoms with van der Waals surface area (Å²) in [6, 6.07) is 8.36. The van der Waals surface area contributed by atoms with Crippen molar-refractivity contribution in [2.45, 2.75) is 31.5 Å². The fourth-order valence-corrected chi connectivity index (χ4v) is 4.44. The van der Waals surface area contributed by atoms with Gasteiger partial charge in [0.15, 0.2) is 0 Å². The first-order valence-corrected chi connectivity index (χ1v) is 9.41. The van der Waals surface area contributed by atoms with Crippen molar-refractivity contribution in [1.82, 2.24) is 19.7 Å². The molecule has 1 aliphatic carbocycles. The van der Waals surface area contributed by atoms with Crippen LogP contribution in [0.1, 0.15) is 24.8 Å². The van der Waals surface area contributed by atoms with Crippen LogP contribution in [0.2, 0.25) is 0 Å². The second kappa shape index (κ2) is 6.20. The fourth-order valence-electron chi connectivity index (χ4n) is 4.44. The van der Waals surface area contributed by atoms with Gasteiger partial charge in [-0.2, -0.15) is 13.2 Å². The van der Waals surface area contributed by atoms with Crippen molar-refractivity contribution in [3.05, 3.63) is 48.3 Å². The molecule has 1 aliphatic heterocycles. The van der Waals surface area contributed by atoms with E-state index in [4.69, 9.17) is 0 Å². The van der Waals surface area contributed by atoms with Crippen molar-refractivity contribution < 1.29 is 13.2 Å². The highest BCUT2D eigenvalue weighted by atomic mass is 19.4. The lowest BCUT2D eigenvalue weighted by Gasteiger charge is -2.45. The number of nitrogens with zero attached hydrogens (tertiary/aromatic N) is 3. The van der Waals surface area contributed by atoms with Gasteiger partial charge < -0.3 is 10.6 Å². The summed E-state index contributed by atoms with van der Waals surface area (Å²) < 4.78 is 40.7. The van der Waals surface area contributed by atoms with E-state index in [9.17, 15) is 13.2 Å². The van der Waals surface area contributed by atoms with Crippen LogP contribution < -0.4 is 10.6 Å². The lowest BCUT2D eigenvalue weighted by Crippen LogP contribution is -2.46. The number of hydrogen-bond acceptors (Lipinski definition) is 4. The molecule has 0 amide bonds. The SMILES string of the molecule is FC(F)(F)c1ccc2ncc(-c3cccc(NC4CC5(CCNC5)C4)n3)n2c1. The van der Waals surface area contributed by atoms with E-state index in [1.807, 2.05) is 12.1 Å². The number of anilines is 1. The second-order valence-electron chi connectivity index (χ2n) is 7.87. The van der Waals surface area contributed by atoms with Crippen LogP contribution in [0, 0.1) is 5.41 Å². The molecule has 1 saturated heterocycles. The zero-order valence-electron chi connectivity index (χ0n) is 15.1. The highest BCUT2D eigenvalue weighted by Gasteiger charge is 2.45. The molecule has 28 heavy (non-hydrogen) atoms. The average Bonchev–Trinajstić information content (AvgIpc) is 3.27. The molecule has 2 aliphatic rings. The number of rotatable bonds is 3. The van der Waals surface area contributed by atoms with Gasteiger partial charge >= 0.3 is 6.18 Å². The van der Waals surface area contributed by atoms with E-state index in [0.29, 0.717) is 28.5 Å². The van der Waals surface area contributed by atoms with Crippen molar-refractivity contribution >= 4 is 11.5 Å². The highest BCUT2D eigenvalue weighted by molar-refractivity contribution is 5.62. The molecular weight excluding hydrogens is 367 g/mol. The number of nitrogens with one attached hydrogen (secondary N) is 2. The number of alkyl halides is 3. The maximum absolute atomic E-state index is 13.1. The Hall–Kier alpha value is -2.61. The van der Waals surface area contributed by atoms with Crippen molar-refractivity contribution in [2.24, 2.45) is 5.41 Å². The maximum atomic E-state index is 13.1. The zero-order chi connectivity index (χ0) is 19.4. The van der Waals surface area contributed by atoms with Gasteiger partial charge in [0.1, 0.15) is 11.5 Å². The summed E-state index contributed by atoms with van der Waals surface area (Å²) >= 11 is 0. The lowest BCUT2D eigenvalue weighted by atomic mass is 9.65. The van der Waals surface area contributed by atoms with Crippen LogP contribution in [0.5, 0.6) is 0 Å². The van der Waals surface area contributed by atoms with Crippen molar-refractivity contribution in [2.75, 3.05) is 18.4 Å². The van der Waals surface area contributed by atoms with Gasteiger partial charge in [-0.05, 0) is 55.5 Å². The van der Waals surface area contributed by atoms with Gasteiger partial charge in [0.25, 0.3) is 0 Å². The Morgan fingerprint density at radius 3 is 2.79 bits per heavy atom. The van der Waals surface area contributed by atoms with Gasteiger partial charge in [0.2, 0.25) is 0 Å². The van der Waals surface area contributed by atoms with E-state index >= 15 is 0 Å². The molecule has 0 bridgehead atoms. The molecule has 2 N–H and O–H groups in total. The number of imidazole rings is 1. The quantitative estimate of drug-likeness (QED) is 0.714. The van der Waals surface area contributed by atoms with Gasteiger partial charge in [-0.25, -0.2) is 9.97 Å². The molecule has 3 aromatic heterocycles. The number of pyridine rings is 2. The van der Waals surface area contributed by atoms with Crippen LogP contribution in [-0.4, -0.2) is 33.5 Å². The largest absolute Gasteiger partial charge is 0.417 e. The summed E-state index contributed by atoms with van der Waals surface area (Å²) in [7, 11) is 0. The van der Waals surface area contributed by atoms with Gasteiger partial charge in [-0.15, -0.1) is 0 Å². The Balaban J connectivity index is 1.40. The Labute approximate surface area is 160 Å². The first kappa shape index (κ1) is 17.5. The predicted molar refractivity (Wildman–Crippen MR) is 100.0 cm³/mol. The average molecular weight is 387 g/mol. The molecule has 5 rings (SSSR count). The summed E-state index contributed by atoms with van der Waals surface area (Å²) in [6.07, 6.45) is 1.70. The van der Waals surface area contributed by atoms with Crippen LogP contribution in [-0.2, 0) is 6.18 Å². The monoisotopic (exact) mass is 387 g/mol. The van der Waals surface area contributed by atoms with Crippen molar-refractivity contribution in [1.29, 1.82) is 0 Å². The Morgan fingerprint density at radius 2 is 2.04 bits per heavy atom. The van der Waals surface area contributed by atoms with E-state index in [-0.39, 0.29) is 0 Å². The third kappa shape index (κ3) is 3.01. The van der Waals surface area contributed by atoms with Crippen LogP contribution in [0.15, 0.2) is 42.7 Å². The number of halogens is 3. The summed E-state index contributed by atoms with van der Waals surface area (Å²) in [6.45, 7) is 2.18. The number of hydrogen-bond donors (Lipinski definition) is 2. The molecule has 146 valence electrons. The standard InChI is InChI=1S/C20H20F3N5/c21-20(22,23)13-4-5-18-25-10-16(28(18)11-13)15-2-1-3-17(27-15)26-14-8-19(9-14)6-7-24-12-19/h1-5,10-11,14,24H,6-9,12H2,(H,26,27). The molecule has 3 aromatic rings. The molecule has 0 atom stereocenters. The van der Waals surface area contributed by atoms with E-state index in [2.05, 4.69) is 20.6 Å². The topological polar surface area (TPSA) is 54.2 Å². The minimum Gasteiger partial charge on any atom is -0.367 e. The smallest absolute Gasteiger partial charge is 0.367 e. The summed E-state index contributed by atoms with van der Waals surface area (Å²) in [5.41, 5.74) is 1.31. The van der Waals surface area contributed by atoms with Crippen LogP contribution >= 0.6 is 0 Å². The molecular formula is C20H20F3N5. The van der Waals surface area contributed by atoms with Gasteiger partial charge in [-0.3, -0.25) is 4.40 Å². The Bertz CT molecular complexity index is 1010. The van der Waals surface area contributed by atoms with Crippen molar-refractivity contribution in [3.63, 3.8) is 0 Å². The minimum absolute atomic E-state index is 0.390. The van der Waals surface area contributed by atoms with Gasteiger partial charge in [-0.1, -0.05) is 6.07 Å². The molecule has 0 unspecified atom stereocenters. The first-order chi connectivity index (χ1) is 13.4. The lowest BCUT2D eigenvalue weighted by molar-refractivity contribution is -0.137. The summed E-state index contributed by atoms with van der Waals surface area (Å²) in [4.78, 5) is 8.84. The maximum Gasteiger partial charge on any atom is 0.417 e. The van der Waals surface area contributed by atoms with Crippen LogP contribution in [0.25, 0.3) is 17.0 Å². The van der Waals surface area contributed by atoms with Gasteiger partial charge in [0.05, 0.1) is 23.1 Å². The fraction of sp³-hybridized carbons (Fsp3) is 0.400. The molecule has 8 heteroatoms. The minimum atomic E-state index is -4.40. The third-order valence-electron chi connectivity index (χ3n) is 5.89. The summed E-state index contributed by atoms with van der Waals surface area (Å²) in [5, 5.41) is 6.89. The van der Waals surface area contributed by atoms with E-state index in [1.54, 1.807) is 12.3 Å². The van der Waals surface area contributed by atoms with Crippen molar-refractivity contribution in [3.8, 4) is 11.4 Å². The normalized spacial score (nSPS) is 24.6. The predicted octanol–water partition coefficient (Wildman–Crippen LogP) is 3.97. The highest BCUT2D eigenvalue weighted by Crippen LogP contribution is 2.46. The third-order valence-corrected chi connectivity index (χ3v) is 5.89. The van der Waals surface area contributed by atoms with E-state index < -0.39 is 11.7 Å². The van der Waals surface area contributed by atoms with Crippen LogP contribution in [0.4, 0.5) is 19.0 Å². The molecule has 1 saturated carbocycles. The Morgan fingerprint density at radius 1 is 1.18 bits per heavy atom.